The maximum absolute atomic E-state index is 12.3. The number of benzene rings is 2. The normalized spacial score (nSPS) is 13.8. The smallest absolute Gasteiger partial charge is 0.335 e. The summed E-state index contributed by atoms with van der Waals surface area (Å²) < 4.78 is 0. The van der Waals surface area contributed by atoms with Crippen LogP contribution in [0.1, 0.15) is 15.9 Å². The first-order valence-electron chi connectivity index (χ1n) is 8.40. The first kappa shape index (κ1) is 18.3. The Balaban J connectivity index is 1.73. The molecule has 2 aromatic carbocycles. The quantitative estimate of drug-likeness (QED) is 0.759. The standard InChI is InChI=1S/C21H20N2O4/c1-13-19(24)18(12-23(13)2)20(25)22-11-14-5-3-6-15(9-14)16-7-4-8-17(10-16)21(26)27/h3-10,24H,1,11-12H2,2H3,(H,22,25)(H,26,27). The number of carboxylic acid groups (broad SMARTS) is 1. The maximum atomic E-state index is 12.3. The van der Waals surface area contributed by atoms with Crippen LogP contribution in [-0.2, 0) is 11.3 Å². The molecule has 0 bridgehead atoms. The van der Waals surface area contributed by atoms with Gasteiger partial charge in [-0.3, -0.25) is 4.79 Å². The van der Waals surface area contributed by atoms with E-state index in [2.05, 4.69) is 11.9 Å². The molecule has 0 saturated heterocycles. The minimum Gasteiger partial charge on any atom is -0.505 e. The van der Waals surface area contributed by atoms with E-state index in [4.69, 9.17) is 5.11 Å². The molecule has 0 spiro atoms. The van der Waals surface area contributed by atoms with Crippen molar-refractivity contribution in [2.75, 3.05) is 13.6 Å². The van der Waals surface area contributed by atoms with Gasteiger partial charge in [-0.2, -0.15) is 0 Å². The van der Waals surface area contributed by atoms with E-state index < -0.39 is 5.97 Å². The molecule has 0 unspecified atom stereocenters. The molecule has 0 aliphatic carbocycles. The number of aromatic carboxylic acids is 1. The van der Waals surface area contributed by atoms with Crippen molar-refractivity contribution in [2.24, 2.45) is 0 Å². The molecule has 3 rings (SSSR count). The fraction of sp³-hybridized carbons (Fsp3) is 0.143. The van der Waals surface area contributed by atoms with Gasteiger partial charge < -0.3 is 20.4 Å². The fourth-order valence-electron chi connectivity index (χ4n) is 2.92. The lowest BCUT2D eigenvalue weighted by atomic mass is 10.0. The van der Waals surface area contributed by atoms with Crippen molar-refractivity contribution in [3.8, 4) is 11.1 Å². The van der Waals surface area contributed by atoms with Crippen LogP contribution in [-0.4, -0.2) is 40.6 Å². The van der Waals surface area contributed by atoms with Gasteiger partial charge in [0.15, 0.2) is 0 Å². The molecule has 3 N–H and O–H groups in total. The van der Waals surface area contributed by atoms with E-state index in [9.17, 15) is 14.7 Å². The zero-order chi connectivity index (χ0) is 19.6. The Morgan fingerprint density at radius 2 is 1.81 bits per heavy atom. The summed E-state index contributed by atoms with van der Waals surface area (Å²) in [5, 5.41) is 21.9. The highest BCUT2D eigenvalue weighted by Gasteiger charge is 2.26. The minimum atomic E-state index is -0.975. The SMILES string of the molecule is C=C1C(O)=C(C(=O)NCc2cccc(-c3cccc(C(=O)O)c3)c2)CN1C. The molecule has 1 aliphatic heterocycles. The van der Waals surface area contributed by atoms with Crippen LogP contribution in [0.2, 0.25) is 0 Å². The topological polar surface area (TPSA) is 89.9 Å². The van der Waals surface area contributed by atoms with Gasteiger partial charge in [-0.25, -0.2) is 4.79 Å². The van der Waals surface area contributed by atoms with Crippen LogP contribution in [0.25, 0.3) is 11.1 Å². The third kappa shape index (κ3) is 3.84. The van der Waals surface area contributed by atoms with Crippen molar-refractivity contribution in [1.29, 1.82) is 0 Å². The second-order valence-corrected chi connectivity index (χ2v) is 6.40. The van der Waals surface area contributed by atoms with Gasteiger partial charge in [-0.1, -0.05) is 36.9 Å². The van der Waals surface area contributed by atoms with Crippen molar-refractivity contribution < 1.29 is 19.8 Å². The highest BCUT2D eigenvalue weighted by atomic mass is 16.4. The van der Waals surface area contributed by atoms with E-state index in [-0.39, 0.29) is 23.8 Å². The van der Waals surface area contributed by atoms with Gasteiger partial charge in [-0.15, -0.1) is 0 Å². The molecular formula is C21H20N2O4. The second-order valence-electron chi connectivity index (χ2n) is 6.40. The second kappa shape index (κ2) is 7.37. The van der Waals surface area contributed by atoms with Crippen LogP contribution < -0.4 is 5.32 Å². The number of carboxylic acids is 1. The van der Waals surface area contributed by atoms with Gasteiger partial charge in [0.05, 0.1) is 23.4 Å². The van der Waals surface area contributed by atoms with Crippen molar-refractivity contribution in [2.45, 2.75) is 6.54 Å². The molecule has 0 saturated carbocycles. The number of hydrogen-bond acceptors (Lipinski definition) is 4. The van der Waals surface area contributed by atoms with Crippen LogP contribution in [0.4, 0.5) is 0 Å². The molecule has 0 radical (unpaired) electrons. The highest BCUT2D eigenvalue weighted by Crippen LogP contribution is 2.24. The Labute approximate surface area is 157 Å². The van der Waals surface area contributed by atoms with E-state index >= 15 is 0 Å². The lowest BCUT2D eigenvalue weighted by Gasteiger charge is -2.11. The molecule has 0 atom stereocenters. The summed E-state index contributed by atoms with van der Waals surface area (Å²) in [6, 6.07) is 14.2. The summed E-state index contributed by atoms with van der Waals surface area (Å²) in [6.07, 6.45) is 0. The number of carbonyl (C=O) groups is 2. The lowest BCUT2D eigenvalue weighted by molar-refractivity contribution is -0.117. The average molecular weight is 364 g/mol. The largest absolute Gasteiger partial charge is 0.505 e. The molecule has 27 heavy (non-hydrogen) atoms. The summed E-state index contributed by atoms with van der Waals surface area (Å²) in [6.45, 7) is 4.34. The molecule has 6 heteroatoms. The zero-order valence-corrected chi connectivity index (χ0v) is 14.9. The monoisotopic (exact) mass is 364 g/mol. The maximum Gasteiger partial charge on any atom is 0.335 e. The number of likely N-dealkylation sites (N-methyl/N-ethyl adjacent to an activating group) is 1. The molecule has 6 nitrogen and oxygen atoms in total. The van der Waals surface area contributed by atoms with Gasteiger partial charge in [-0.05, 0) is 34.9 Å². The Morgan fingerprint density at radius 3 is 2.44 bits per heavy atom. The van der Waals surface area contributed by atoms with E-state index in [0.717, 1.165) is 16.7 Å². The summed E-state index contributed by atoms with van der Waals surface area (Å²) >= 11 is 0. The summed E-state index contributed by atoms with van der Waals surface area (Å²) in [4.78, 5) is 25.2. The molecule has 1 heterocycles. The van der Waals surface area contributed by atoms with Crippen molar-refractivity contribution in [3.63, 3.8) is 0 Å². The van der Waals surface area contributed by atoms with Crippen molar-refractivity contribution >= 4 is 11.9 Å². The molecular weight excluding hydrogens is 344 g/mol. The summed E-state index contributed by atoms with van der Waals surface area (Å²) in [5.41, 5.74) is 3.47. The first-order chi connectivity index (χ1) is 12.9. The molecule has 2 aromatic rings. The number of nitrogens with one attached hydrogen (secondary N) is 1. The Kier molecular flexibility index (Phi) is 4.98. The van der Waals surface area contributed by atoms with Gasteiger partial charge >= 0.3 is 5.97 Å². The van der Waals surface area contributed by atoms with E-state index in [0.29, 0.717) is 17.8 Å². The minimum absolute atomic E-state index is 0.0748. The predicted molar refractivity (Wildman–Crippen MR) is 102 cm³/mol. The Hall–Kier alpha value is -3.54. The van der Waals surface area contributed by atoms with Gasteiger partial charge in [0.1, 0.15) is 5.76 Å². The summed E-state index contributed by atoms with van der Waals surface area (Å²) in [7, 11) is 1.76. The van der Waals surface area contributed by atoms with Crippen LogP contribution in [0.5, 0.6) is 0 Å². The number of rotatable bonds is 5. The molecule has 138 valence electrons. The predicted octanol–water partition coefficient (Wildman–Crippen LogP) is 2.94. The lowest BCUT2D eigenvalue weighted by Crippen LogP contribution is -2.27. The zero-order valence-electron chi connectivity index (χ0n) is 14.9. The summed E-state index contributed by atoms with van der Waals surface area (Å²) in [5.74, 6) is -1.39. The Bertz CT molecular complexity index is 962. The van der Waals surface area contributed by atoms with Crippen LogP contribution in [0.15, 0.2) is 72.1 Å². The van der Waals surface area contributed by atoms with Gasteiger partial charge in [0.25, 0.3) is 5.91 Å². The number of aliphatic hydroxyl groups is 1. The van der Waals surface area contributed by atoms with Gasteiger partial charge in [0.2, 0.25) is 0 Å². The number of nitrogens with zero attached hydrogens (tertiary/aromatic N) is 1. The van der Waals surface area contributed by atoms with Crippen LogP contribution in [0.3, 0.4) is 0 Å². The van der Waals surface area contributed by atoms with E-state index in [1.807, 2.05) is 30.3 Å². The number of aliphatic hydroxyl groups excluding tert-OH is 1. The third-order valence-electron chi connectivity index (χ3n) is 4.51. The number of amides is 1. The highest BCUT2D eigenvalue weighted by molar-refractivity contribution is 5.95. The number of hydrogen-bond donors (Lipinski definition) is 3. The molecule has 1 amide bonds. The Morgan fingerprint density at radius 1 is 1.15 bits per heavy atom. The van der Waals surface area contributed by atoms with Crippen molar-refractivity contribution in [1.82, 2.24) is 10.2 Å². The third-order valence-corrected chi connectivity index (χ3v) is 4.51. The molecule has 0 fully saturated rings. The fourth-order valence-corrected chi connectivity index (χ4v) is 2.92. The van der Waals surface area contributed by atoms with Crippen molar-refractivity contribution in [3.05, 3.63) is 83.3 Å². The van der Waals surface area contributed by atoms with Crippen LogP contribution >= 0.6 is 0 Å². The van der Waals surface area contributed by atoms with Crippen LogP contribution in [0, 0.1) is 0 Å². The number of carbonyl (C=O) groups excluding carboxylic acids is 1. The van der Waals surface area contributed by atoms with Gasteiger partial charge in [0, 0.05) is 13.6 Å². The molecule has 0 aromatic heterocycles. The van der Waals surface area contributed by atoms with E-state index in [1.165, 1.54) is 0 Å². The first-order valence-corrected chi connectivity index (χ1v) is 8.40. The molecule has 1 aliphatic rings. The van der Waals surface area contributed by atoms with E-state index in [1.54, 1.807) is 30.1 Å². The average Bonchev–Trinajstić information content (AvgIpc) is 2.94.